The maximum Gasteiger partial charge on any atom is 0.410 e. The molecule has 2 aromatic carbocycles. The fourth-order valence-electron chi connectivity index (χ4n) is 7.54. The van der Waals surface area contributed by atoms with E-state index in [0.29, 0.717) is 12.5 Å². The first-order valence-corrected chi connectivity index (χ1v) is 14.0. The van der Waals surface area contributed by atoms with Gasteiger partial charge in [-0.25, -0.2) is 4.79 Å². The zero-order valence-electron chi connectivity index (χ0n) is 21.5. The fraction of sp³-hybridized carbons (Fsp3) is 0.548. The van der Waals surface area contributed by atoms with E-state index in [-0.39, 0.29) is 36.2 Å². The molecular weight excluding hydrogens is 466 g/mol. The molecule has 0 aromatic heterocycles. The molecule has 2 saturated carbocycles. The normalized spacial score (nSPS) is 26.6. The van der Waals surface area contributed by atoms with E-state index in [9.17, 15) is 9.59 Å². The van der Waals surface area contributed by atoms with Gasteiger partial charge in [-0.15, -0.1) is 0 Å². The lowest BCUT2D eigenvalue weighted by Crippen LogP contribution is -2.62. The summed E-state index contributed by atoms with van der Waals surface area (Å²) in [4.78, 5) is 27.5. The lowest BCUT2D eigenvalue weighted by Gasteiger charge is -2.58. The molecule has 3 atom stereocenters. The molecule has 0 spiro atoms. The highest BCUT2D eigenvalue weighted by atomic mass is 16.7. The first-order valence-electron chi connectivity index (χ1n) is 14.0. The van der Waals surface area contributed by atoms with Crippen LogP contribution in [0.25, 0.3) is 0 Å². The van der Waals surface area contributed by atoms with Crippen molar-refractivity contribution >= 4 is 12.1 Å². The molecule has 6 heteroatoms. The quantitative estimate of drug-likeness (QED) is 0.349. The number of carbonyl (C=O) groups excluding carboxylic acids is 2. The molecule has 0 N–H and O–H groups in total. The number of piperidine rings is 1. The Morgan fingerprint density at radius 3 is 2.57 bits per heavy atom. The standard InChI is InChI=1S/C31H37NO5/c33-29(23-10-4-5-11-23)37-21-36-25-14-13-24-18-28-26-12-6-7-15-31(26,27(24)19-25)16-17-32(28)30(34)35-20-22-8-2-1-3-9-22/h1-3,8-9,13-14,19,23,26,28H,4-7,10-12,15-18,20-21H2/t26-,28+,31+/m0/s1. The van der Waals surface area contributed by atoms with Crippen LogP contribution in [0.5, 0.6) is 5.75 Å². The van der Waals surface area contributed by atoms with Gasteiger partial charge in [-0.3, -0.25) is 4.79 Å². The van der Waals surface area contributed by atoms with Gasteiger partial charge >= 0.3 is 12.1 Å². The van der Waals surface area contributed by atoms with Crippen molar-refractivity contribution in [2.24, 2.45) is 11.8 Å². The van der Waals surface area contributed by atoms with Crippen molar-refractivity contribution in [2.45, 2.75) is 82.3 Å². The molecular formula is C31H37NO5. The summed E-state index contributed by atoms with van der Waals surface area (Å²) < 4.78 is 17.1. The largest absolute Gasteiger partial charge is 0.457 e. The lowest BCUT2D eigenvalue weighted by atomic mass is 9.52. The second-order valence-electron chi connectivity index (χ2n) is 11.3. The van der Waals surface area contributed by atoms with Crippen LogP contribution in [0.4, 0.5) is 4.79 Å². The summed E-state index contributed by atoms with van der Waals surface area (Å²) in [6.45, 7) is 0.994. The molecule has 3 fully saturated rings. The number of ether oxygens (including phenoxy) is 3. The van der Waals surface area contributed by atoms with Gasteiger partial charge in [0.25, 0.3) is 0 Å². The minimum Gasteiger partial charge on any atom is -0.457 e. The lowest BCUT2D eigenvalue weighted by molar-refractivity contribution is -0.155. The Hall–Kier alpha value is -3.02. The molecule has 1 heterocycles. The number of esters is 1. The molecule has 196 valence electrons. The van der Waals surface area contributed by atoms with Crippen molar-refractivity contribution < 1.29 is 23.8 Å². The number of likely N-dealkylation sites (tertiary alicyclic amines) is 1. The van der Waals surface area contributed by atoms with E-state index in [0.717, 1.165) is 69.2 Å². The monoisotopic (exact) mass is 503 g/mol. The Labute approximate surface area is 219 Å². The van der Waals surface area contributed by atoms with E-state index < -0.39 is 0 Å². The second-order valence-corrected chi connectivity index (χ2v) is 11.3. The number of rotatable bonds is 6. The summed E-state index contributed by atoms with van der Waals surface area (Å²) >= 11 is 0. The van der Waals surface area contributed by atoms with Gasteiger partial charge in [0.15, 0.2) is 0 Å². The van der Waals surface area contributed by atoms with E-state index in [2.05, 4.69) is 12.1 Å². The number of benzene rings is 2. The van der Waals surface area contributed by atoms with Crippen LogP contribution in [0.2, 0.25) is 0 Å². The van der Waals surface area contributed by atoms with Crippen LogP contribution in [0.15, 0.2) is 48.5 Å². The van der Waals surface area contributed by atoms with Crippen LogP contribution in [0.1, 0.15) is 74.5 Å². The number of hydrogen-bond acceptors (Lipinski definition) is 5. The van der Waals surface area contributed by atoms with E-state index >= 15 is 0 Å². The van der Waals surface area contributed by atoms with Gasteiger partial charge < -0.3 is 19.1 Å². The minimum absolute atomic E-state index is 0.0335. The van der Waals surface area contributed by atoms with Crippen molar-refractivity contribution in [2.75, 3.05) is 13.3 Å². The van der Waals surface area contributed by atoms with Gasteiger partial charge in [0.05, 0.1) is 5.92 Å². The summed E-state index contributed by atoms with van der Waals surface area (Å²) in [5, 5.41) is 0. The average molecular weight is 504 g/mol. The number of fused-ring (bicyclic) bond motifs is 1. The molecule has 3 aliphatic carbocycles. The summed E-state index contributed by atoms with van der Waals surface area (Å²) in [7, 11) is 0. The number of amides is 1. The smallest absolute Gasteiger partial charge is 0.410 e. The molecule has 2 bridgehead atoms. The van der Waals surface area contributed by atoms with Crippen molar-refractivity contribution in [3.63, 3.8) is 0 Å². The van der Waals surface area contributed by atoms with Gasteiger partial charge in [-0.05, 0) is 73.3 Å². The molecule has 4 aliphatic rings. The fourth-order valence-corrected chi connectivity index (χ4v) is 7.54. The number of carbonyl (C=O) groups is 2. The van der Waals surface area contributed by atoms with Crippen LogP contribution in [-0.4, -0.2) is 36.3 Å². The zero-order chi connectivity index (χ0) is 25.2. The Morgan fingerprint density at radius 2 is 1.73 bits per heavy atom. The summed E-state index contributed by atoms with van der Waals surface area (Å²) in [5.41, 5.74) is 3.77. The van der Waals surface area contributed by atoms with Crippen molar-refractivity contribution in [1.82, 2.24) is 4.90 Å². The van der Waals surface area contributed by atoms with Crippen LogP contribution in [-0.2, 0) is 32.7 Å². The van der Waals surface area contributed by atoms with Crippen molar-refractivity contribution in [1.29, 1.82) is 0 Å². The topological polar surface area (TPSA) is 65.1 Å². The van der Waals surface area contributed by atoms with Crippen LogP contribution < -0.4 is 4.74 Å². The van der Waals surface area contributed by atoms with E-state index in [1.807, 2.05) is 41.3 Å². The van der Waals surface area contributed by atoms with E-state index in [1.165, 1.54) is 24.0 Å². The SMILES string of the molecule is O=C(OCOc1ccc2c(c1)[C@@]13CCCC[C@H]1[C@@H](C2)N(C(=O)OCc1ccccc1)CC3)C1CCCC1. The van der Waals surface area contributed by atoms with Crippen molar-refractivity contribution in [3.05, 3.63) is 65.2 Å². The van der Waals surface area contributed by atoms with Crippen LogP contribution in [0, 0.1) is 11.8 Å². The summed E-state index contributed by atoms with van der Waals surface area (Å²) in [5.74, 6) is 1.10. The van der Waals surface area contributed by atoms with Gasteiger partial charge in [0.1, 0.15) is 12.4 Å². The summed E-state index contributed by atoms with van der Waals surface area (Å²) in [6, 6.07) is 16.4. The number of hydrogen-bond donors (Lipinski definition) is 0. The third-order valence-corrected chi connectivity index (χ3v) is 9.36. The molecule has 2 aromatic rings. The average Bonchev–Trinajstić information content (AvgIpc) is 3.48. The molecule has 0 radical (unpaired) electrons. The Kier molecular flexibility index (Phi) is 6.83. The molecule has 1 amide bonds. The van der Waals surface area contributed by atoms with Gasteiger partial charge in [-0.2, -0.15) is 0 Å². The molecule has 6 nitrogen and oxygen atoms in total. The molecule has 1 aliphatic heterocycles. The van der Waals surface area contributed by atoms with E-state index in [4.69, 9.17) is 14.2 Å². The summed E-state index contributed by atoms with van der Waals surface area (Å²) in [6.07, 6.45) is 10.4. The number of nitrogens with zero attached hydrogens (tertiary/aromatic N) is 1. The maximum absolute atomic E-state index is 13.2. The van der Waals surface area contributed by atoms with Crippen LogP contribution >= 0.6 is 0 Å². The molecule has 0 unspecified atom stereocenters. The van der Waals surface area contributed by atoms with Gasteiger partial charge in [0, 0.05) is 18.0 Å². The highest BCUT2D eigenvalue weighted by Gasteiger charge is 2.55. The van der Waals surface area contributed by atoms with Gasteiger partial charge in [0.2, 0.25) is 6.79 Å². The van der Waals surface area contributed by atoms with Crippen LogP contribution in [0.3, 0.4) is 0 Å². The molecule has 1 saturated heterocycles. The first kappa shape index (κ1) is 24.3. The highest BCUT2D eigenvalue weighted by Crippen LogP contribution is 2.56. The predicted molar refractivity (Wildman–Crippen MR) is 139 cm³/mol. The Morgan fingerprint density at radius 1 is 0.919 bits per heavy atom. The third kappa shape index (κ3) is 4.71. The second kappa shape index (κ2) is 10.4. The molecule has 6 rings (SSSR count). The predicted octanol–water partition coefficient (Wildman–Crippen LogP) is 6.15. The Bertz CT molecular complexity index is 1130. The highest BCUT2D eigenvalue weighted by molar-refractivity contribution is 5.72. The van der Waals surface area contributed by atoms with Crippen molar-refractivity contribution in [3.8, 4) is 5.75 Å². The minimum atomic E-state index is -0.194. The van der Waals surface area contributed by atoms with Gasteiger partial charge in [-0.1, -0.05) is 62.1 Å². The third-order valence-electron chi connectivity index (χ3n) is 9.36. The zero-order valence-corrected chi connectivity index (χ0v) is 21.5. The Balaban J connectivity index is 1.16. The molecule has 37 heavy (non-hydrogen) atoms. The van der Waals surface area contributed by atoms with E-state index in [1.54, 1.807) is 0 Å². The maximum atomic E-state index is 13.2. The first-order chi connectivity index (χ1) is 18.1.